The molecule has 0 aliphatic heterocycles. The highest BCUT2D eigenvalue weighted by Gasteiger charge is 1.98. The van der Waals surface area contributed by atoms with Crippen LogP contribution in [0.25, 0.3) is 12.2 Å². The molecule has 3 heteroatoms. The van der Waals surface area contributed by atoms with Crippen LogP contribution < -0.4 is 0 Å². The lowest BCUT2D eigenvalue weighted by Gasteiger charge is -1.95. The molecular weight excluding hydrogens is 258 g/mol. The minimum atomic E-state index is -0.394. The van der Waals surface area contributed by atoms with Gasteiger partial charge in [-0.2, -0.15) is 0 Å². The number of rotatable bonds is 4. The normalized spacial score (nSPS) is 11.3. The Labute approximate surface area is 115 Å². The molecule has 0 spiro atoms. The monoisotopic (exact) mass is 270 g/mol. The summed E-state index contributed by atoms with van der Waals surface area (Å²) in [4.78, 5) is 11.6. The van der Waals surface area contributed by atoms with Crippen LogP contribution in [0.2, 0.25) is 0 Å². The van der Waals surface area contributed by atoms with Gasteiger partial charge in [0.05, 0.1) is 0 Å². The molecule has 0 heterocycles. The number of allylic oxidation sites excluding steroid dienone is 2. The fourth-order valence-electron chi connectivity index (χ4n) is 1.62. The summed E-state index contributed by atoms with van der Waals surface area (Å²) in [6.45, 7) is 0. The third-order valence-corrected chi connectivity index (χ3v) is 2.66. The van der Waals surface area contributed by atoms with Gasteiger partial charge in [0, 0.05) is 11.1 Å². The predicted molar refractivity (Wildman–Crippen MR) is 75.9 cm³/mol. The Bertz CT molecular complexity index is 615. The van der Waals surface area contributed by atoms with Gasteiger partial charge in [-0.05, 0) is 36.4 Å². The Morgan fingerprint density at radius 2 is 1.15 bits per heavy atom. The van der Waals surface area contributed by atoms with Crippen LogP contribution in [0.15, 0.2) is 60.7 Å². The van der Waals surface area contributed by atoms with Crippen molar-refractivity contribution in [3.63, 3.8) is 0 Å². The summed E-state index contributed by atoms with van der Waals surface area (Å²) >= 11 is 0. The van der Waals surface area contributed by atoms with E-state index >= 15 is 0 Å². The summed E-state index contributed by atoms with van der Waals surface area (Å²) < 4.78 is 26.6. The van der Waals surface area contributed by atoms with E-state index in [1.807, 2.05) is 0 Å². The van der Waals surface area contributed by atoms with E-state index in [1.165, 1.54) is 36.4 Å². The van der Waals surface area contributed by atoms with E-state index in [1.54, 1.807) is 36.4 Å². The van der Waals surface area contributed by atoms with Crippen molar-refractivity contribution in [1.82, 2.24) is 0 Å². The van der Waals surface area contributed by atoms with Crippen molar-refractivity contribution in [1.29, 1.82) is 0 Å². The van der Waals surface area contributed by atoms with Crippen LogP contribution in [-0.4, -0.2) is 5.78 Å². The van der Waals surface area contributed by atoms with Crippen molar-refractivity contribution < 1.29 is 13.6 Å². The van der Waals surface area contributed by atoms with Crippen LogP contribution in [0.5, 0.6) is 0 Å². The minimum absolute atomic E-state index is 0.333. The first-order chi connectivity index (χ1) is 9.66. The number of benzene rings is 2. The molecule has 0 bridgehead atoms. The van der Waals surface area contributed by atoms with Crippen LogP contribution in [0.1, 0.15) is 11.1 Å². The van der Waals surface area contributed by atoms with Gasteiger partial charge in [0.1, 0.15) is 11.6 Å². The van der Waals surface area contributed by atoms with Gasteiger partial charge in [-0.1, -0.05) is 36.4 Å². The van der Waals surface area contributed by atoms with Crippen LogP contribution in [0.4, 0.5) is 8.78 Å². The quantitative estimate of drug-likeness (QED) is 0.759. The number of carbonyl (C=O) groups excluding carboxylic acids is 1. The standard InChI is InChI=1S/C17H12F2O/c18-16-7-3-1-5-13(16)9-11-15(20)12-10-14-6-2-4-8-17(14)19/h1-12H/b11-9+,12-10+. The van der Waals surface area contributed by atoms with E-state index in [2.05, 4.69) is 0 Å². The average molecular weight is 270 g/mol. The Kier molecular flexibility index (Phi) is 4.56. The van der Waals surface area contributed by atoms with Crippen LogP contribution in [0, 0.1) is 11.6 Å². The van der Waals surface area contributed by atoms with Crippen LogP contribution >= 0.6 is 0 Å². The number of hydrogen-bond acceptors (Lipinski definition) is 1. The third kappa shape index (κ3) is 3.72. The van der Waals surface area contributed by atoms with Gasteiger partial charge >= 0.3 is 0 Å². The van der Waals surface area contributed by atoms with Crippen molar-refractivity contribution in [3.8, 4) is 0 Å². The SMILES string of the molecule is O=C(/C=C/c1ccccc1F)/C=C/c1ccccc1F. The second-order valence-corrected chi connectivity index (χ2v) is 4.11. The van der Waals surface area contributed by atoms with Gasteiger partial charge in [-0.25, -0.2) is 8.78 Å². The lowest BCUT2D eigenvalue weighted by atomic mass is 10.1. The summed E-state index contributed by atoms with van der Waals surface area (Å²) in [5, 5.41) is 0. The van der Waals surface area contributed by atoms with E-state index in [9.17, 15) is 13.6 Å². The van der Waals surface area contributed by atoms with E-state index in [4.69, 9.17) is 0 Å². The second-order valence-electron chi connectivity index (χ2n) is 4.11. The molecule has 20 heavy (non-hydrogen) atoms. The van der Waals surface area contributed by atoms with Crippen LogP contribution in [-0.2, 0) is 4.79 Å². The van der Waals surface area contributed by atoms with Gasteiger partial charge in [-0.3, -0.25) is 4.79 Å². The van der Waals surface area contributed by atoms with Crippen molar-refractivity contribution in [2.75, 3.05) is 0 Å². The van der Waals surface area contributed by atoms with Crippen molar-refractivity contribution in [2.45, 2.75) is 0 Å². The highest BCUT2D eigenvalue weighted by atomic mass is 19.1. The van der Waals surface area contributed by atoms with Crippen LogP contribution in [0.3, 0.4) is 0 Å². The third-order valence-electron chi connectivity index (χ3n) is 2.66. The Balaban J connectivity index is 2.07. The molecule has 0 unspecified atom stereocenters. The summed E-state index contributed by atoms with van der Waals surface area (Å²) in [7, 11) is 0. The first-order valence-electron chi connectivity index (χ1n) is 6.06. The molecule has 0 amide bonds. The molecule has 0 aromatic heterocycles. The highest BCUT2D eigenvalue weighted by molar-refractivity contribution is 6.04. The largest absolute Gasteiger partial charge is 0.290 e. The number of halogens is 2. The molecule has 2 aromatic rings. The highest BCUT2D eigenvalue weighted by Crippen LogP contribution is 2.10. The topological polar surface area (TPSA) is 17.1 Å². The average Bonchev–Trinajstić information content (AvgIpc) is 2.45. The van der Waals surface area contributed by atoms with E-state index in [0.717, 1.165) is 0 Å². The first kappa shape index (κ1) is 13.9. The molecule has 0 aliphatic rings. The maximum atomic E-state index is 13.3. The van der Waals surface area contributed by atoms with Gasteiger partial charge in [-0.15, -0.1) is 0 Å². The van der Waals surface area contributed by atoms with Crippen molar-refractivity contribution >= 4 is 17.9 Å². The van der Waals surface area contributed by atoms with Gasteiger partial charge in [0.25, 0.3) is 0 Å². The summed E-state index contributed by atoms with van der Waals surface area (Å²) in [6.07, 6.45) is 5.28. The maximum absolute atomic E-state index is 13.3. The zero-order chi connectivity index (χ0) is 14.4. The molecule has 1 nitrogen and oxygen atoms in total. The van der Waals surface area contributed by atoms with Gasteiger partial charge < -0.3 is 0 Å². The van der Waals surface area contributed by atoms with Crippen molar-refractivity contribution in [2.24, 2.45) is 0 Å². The number of carbonyl (C=O) groups is 1. The molecule has 0 saturated heterocycles. The van der Waals surface area contributed by atoms with Gasteiger partial charge in [0.15, 0.2) is 5.78 Å². The zero-order valence-corrected chi connectivity index (χ0v) is 10.6. The summed E-state index contributed by atoms with van der Waals surface area (Å²) in [6, 6.07) is 12.3. The second kappa shape index (κ2) is 6.57. The Morgan fingerprint density at radius 1 is 0.750 bits per heavy atom. The Morgan fingerprint density at radius 3 is 1.55 bits per heavy atom. The molecule has 0 saturated carbocycles. The molecule has 0 aliphatic carbocycles. The Hall–Kier alpha value is -2.55. The smallest absolute Gasteiger partial charge is 0.178 e. The van der Waals surface area contributed by atoms with E-state index in [0.29, 0.717) is 11.1 Å². The molecule has 2 rings (SSSR count). The fraction of sp³-hybridized carbons (Fsp3) is 0. The molecule has 0 radical (unpaired) electrons. The number of ketones is 1. The molecular formula is C17H12F2O. The lowest BCUT2D eigenvalue weighted by molar-refractivity contribution is -0.110. The summed E-state index contributed by atoms with van der Waals surface area (Å²) in [5.74, 6) is -1.12. The minimum Gasteiger partial charge on any atom is -0.290 e. The van der Waals surface area contributed by atoms with Gasteiger partial charge in [0.2, 0.25) is 0 Å². The molecule has 0 N–H and O–H groups in total. The lowest BCUT2D eigenvalue weighted by Crippen LogP contribution is -1.87. The molecule has 100 valence electrons. The molecule has 0 atom stereocenters. The molecule has 2 aromatic carbocycles. The summed E-state index contributed by atoms with van der Waals surface area (Å²) in [5.41, 5.74) is 0.667. The predicted octanol–water partition coefficient (Wildman–Crippen LogP) is 4.26. The van der Waals surface area contributed by atoms with Crippen molar-refractivity contribution in [3.05, 3.63) is 83.4 Å². The number of hydrogen-bond donors (Lipinski definition) is 0. The molecule has 0 fully saturated rings. The maximum Gasteiger partial charge on any atom is 0.178 e. The fourth-order valence-corrected chi connectivity index (χ4v) is 1.62. The zero-order valence-electron chi connectivity index (χ0n) is 10.6. The first-order valence-corrected chi connectivity index (χ1v) is 6.06. The van der Waals surface area contributed by atoms with E-state index < -0.39 is 11.6 Å². The van der Waals surface area contributed by atoms with E-state index in [-0.39, 0.29) is 5.78 Å².